The van der Waals surface area contributed by atoms with E-state index in [1.54, 1.807) is 16.8 Å². The van der Waals surface area contributed by atoms with Crippen molar-refractivity contribution in [2.45, 2.75) is 18.9 Å². The van der Waals surface area contributed by atoms with Crippen LogP contribution in [0.5, 0.6) is 0 Å². The number of aromatic nitrogens is 3. The van der Waals surface area contributed by atoms with Gasteiger partial charge in [-0.25, -0.2) is 9.78 Å². The minimum atomic E-state index is -0.554. The number of benzene rings is 1. The second-order valence-corrected chi connectivity index (χ2v) is 9.04. The van der Waals surface area contributed by atoms with Gasteiger partial charge in [-0.3, -0.25) is 10.1 Å². The number of anilines is 4. The van der Waals surface area contributed by atoms with Gasteiger partial charge in [0.05, 0.1) is 30.1 Å². The Morgan fingerprint density at radius 2 is 1.97 bits per heavy atom. The van der Waals surface area contributed by atoms with Gasteiger partial charge in [0.2, 0.25) is 0 Å². The smallest absolute Gasteiger partial charge is 0.326 e. The molecule has 0 spiro atoms. The Bertz CT molecular complexity index is 1360. The molecular weight excluding hydrogens is 472 g/mol. The van der Waals surface area contributed by atoms with E-state index in [9.17, 15) is 9.59 Å². The van der Waals surface area contributed by atoms with Gasteiger partial charge >= 0.3 is 6.03 Å². The molecule has 6 rings (SSSR count). The number of halogens is 1. The number of hydrogen-bond donors (Lipinski definition) is 4. The Hall–Kier alpha value is -3.83. The number of urea groups is 1. The van der Waals surface area contributed by atoms with Crippen LogP contribution in [0, 0.1) is 0 Å². The maximum atomic E-state index is 12.0. The first-order valence-electron chi connectivity index (χ1n) is 11.4. The van der Waals surface area contributed by atoms with Crippen molar-refractivity contribution in [3.8, 4) is 0 Å². The molecule has 2 aliphatic heterocycles. The molecule has 0 atom stereocenters. The van der Waals surface area contributed by atoms with Crippen molar-refractivity contribution < 1.29 is 14.3 Å². The van der Waals surface area contributed by atoms with Crippen molar-refractivity contribution in [2.24, 2.45) is 0 Å². The molecule has 3 aromatic rings. The van der Waals surface area contributed by atoms with E-state index in [1.807, 2.05) is 24.3 Å². The Kier molecular flexibility index (Phi) is 5.42. The summed E-state index contributed by atoms with van der Waals surface area (Å²) in [4.78, 5) is 30.4. The van der Waals surface area contributed by atoms with E-state index in [0.29, 0.717) is 41.3 Å². The lowest BCUT2D eigenvalue weighted by molar-refractivity contribution is -0.115. The van der Waals surface area contributed by atoms with Gasteiger partial charge in [0, 0.05) is 36.4 Å². The zero-order valence-electron chi connectivity index (χ0n) is 18.7. The summed E-state index contributed by atoms with van der Waals surface area (Å²) in [5, 5.41) is 16.6. The molecule has 12 heteroatoms. The Balaban J connectivity index is 1.33. The zero-order chi connectivity index (χ0) is 23.9. The predicted octanol–water partition coefficient (Wildman–Crippen LogP) is 2.72. The molecule has 3 amide bonds. The number of nitrogens with one attached hydrogen (secondary N) is 4. The molecule has 1 aromatic carbocycles. The second kappa shape index (κ2) is 8.75. The van der Waals surface area contributed by atoms with Gasteiger partial charge in [-0.15, -0.1) is 0 Å². The number of amides is 3. The quantitative estimate of drug-likeness (QED) is 0.304. The van der Waals surface area contributed by atoms with E-state index in [2.05, 4.69) is 31.3 Å². The molecule has 4 N–H and O–H groups in total. The summed E-state index contributed by atoms with van der Waals surface area (Å²) in [5.41, 5.74) is 3.05. The lowest BCUT2D eigenvalue weighted by Gasteiger charge is -2.29. The number of nitrogens with zero attached hydrogens (tertiary/aromatic N) is 4. The van der Waals surface area contributed by atoms with E-state index in [-0.39, 0.29) is 5.70 Å². The fourth-order valence-corrected chi connectivity index (χ4v) is 4.42. The zero-order valence-corrected chi connectivity index (χ0v) is 19.4. The molecule has 0 bridgehead atoms. The van der Waals surface area contributed by atoms with Crippen molar-refractivity contribution >= 4 is 58.3 Å². The van der Waals surface area contributed by atoms with Crippen LogP contribution < -0.4 is 26.2 Å². The number of morpholine rings is 1. The van der Waals surface area contributed by atoms with Crippen LogP contribution in [0.1, 0.15) is 18.4 Å². The van der Waals surface area contributed by atoms with Gasteiger partial charge in [-0.2, -0.15) is 9.61 Å². The van der Waals surface area contributed by atoms with Gasteiger partial charge in [0.1, 0.15) is 17.3 Å². The van der Waals surface area contributed by atoms with Gasteiger partial charge in [-0.1, -0.05) is 11.6 Å². The molecule has 2 saturated heterocycles. The second-order valence-electron chi connectivity index (χ2n) is 8.64. The third kappa shape index (κ3) is 4.47. The van der Waals surface area contributed by atoms with Crippen molar-refractivity contribution in [2.75, 3.05) is 41.8 Å². The summed E-state index contributed by atoms with van der Waals surface area (Å²) in [7, 11) is 0. The summed E-state index contributed by atoms with van der Waals surface area (Å²) in [6, 6.07) is 7.57. The first-order valence-corrected chi connectivity index (χ1v) is 11.8. The number of imide groups is 1. The highest BCUT2D eigenvalue weighted by molar-refractivity contribution is 6.33. The molecule has 11 nitrogen and oxygen atoms in total. The van der Waals surface area contributed by atoms with Crippen LogP contribution in [-0.4, -0.2) is 58.9 Å². The summed E-state index contributed by atoms with van der Waals surface area (Å²) in [5.74, 6) is 0.881. The van der Waals surface area contributed by atoms with Crippen LogP contribution in [0.4, 0.5) is 27.8 Å². The Labute approximate surface area is 205 Å². The maximum Gasteiger partial charge on any atom is 0.326 e. The van der Waals surface area contributed by atoms with Crippen molar-refractivity contribution in [3.05, 3.63) is 46.7 Å². The first kappa shape index (κ1) is 21.7. The Morgan fingerprint density at radius 1 is 1.14 bits per heavy atom. The molecular formula is C23H23ClN8O3. The Morgan fingerprint density at radius 3 is 2.69 bits per heavy atom. The molecule has 4 heterocycles. The molecule has 3 aliphatic rings. The van der Waals surface area contributed by atoms with Gasteiger partial charge < -0.3 is 25.6 Å². The van der Waals surface area contributed by atoms with Crippen LogP contribution in [0.25, 0.3) is 11.7 Å². The topological polar surface area (TPSA) is 125 Å². The minimum absolute atomic E-state index is 0.146. The number of rotatable bonds is 6. The third-order valence-corrected chi connectivity index (χ3v) is 6.32. The standard InChI is InChI=1S/C23H23ClN8O3/c24-16-10-15(3-4-18(16)31-5-7-35-8-6-31)26-19-11-20(27-14-1-2-14)32-21(29-19)13(12-25-32)9-17-22(33)30-23(34)28-17/h3-4,9-12,14,27H,1-2,5-8H2,(H,26,29)(H2,28,30,33,34)/b17-9-. The molecule has 0 radical (unpaired) electrons. The van der Waals surface area contributed by atoms with Crippen LogP contribution in [-0.2, 0) is 9.53 Å². The van der Waals surface area contributed by atoms with E-state index < -0.39 is 11.9 Å². The lowest BCUT2D eigenvalue weighted by atomic mass is 10.2. The maximum absolute atomic E-state index is 12.0. The highest BCUT2D eigenvalue weighted by Crippen LogP contribution is 2.32. The molecule has 1 aliphatic carbocycles. The number of carbonyl (C=O) groups excluding carboxylic acids is 2. The number of hydrogen-bond acceptors (Lipinski definition) is 8. The predicted molar refractivity (Wildman–Crippen MR) is 132 cm³/mol. The molecule has 1 saturated carbocycles. The normalized spacial score (nSPS) is 19.2. The van der Waals surface area contributed by atoms with Crippen LogP contribution in [0.3, 0.4) is 0 Å². The van der Waals surface area contributed by atoms with Crippen molar-refractivity contribution in [1.82, 2.24) is 25.2 Å². The van der Waals surface area contributed by atoms with Crippen LogP contribution in [0.2, 0.25) is 5.02 Å². The fraction of sp³-hybridized carbons (Fsp3) is 0.304. The number of carbonyl (C=O) groups is 2. The van der Waals surface area contributed by atoms with E-state index in [1.165, 1.54) is 0 Å². The van der Waals surface area contributed by atoms with Crippen molar-refractivity contribution in [1.29, 1.82) is 0 Å². The van der Waals surface area contributed by atoms with Crippen molar-refractivity contribution in [3.63, 3.8) is 0 Å². The summed E-state index contributed by atoms with van der Waals surface area (Å²) >= 11 is 6.61. The van der Waals surface area contributed by atoms with E-state index in [4.69, 9.17) is 21.3 Å². The molecule has 35 heavy (non-hydrogen) atoms. The fourth-order valence-electron chi connectivity index (χ4n) is 4.12. The number of ether oxygens (including phenoxy) is 1. The average molecular weight is 495 g/mol. The van der Waals surface area contributed by atoms with Crippen LogP contribution in [0.15, 0.2) is 36.2 Å². The van der Waals surface area contributed by atoms with Gasteiger partial charge in [0.25, 0.3) is 5.91 Å². The van der Waals surface area contributed by atoms with Gasteiger partial charge in [0.15, 0.2) is 5.65 Å². The number of fused-ring (bicyclic) bond motifs is 1. The van der Waals surface area contributed by atoms with Crippen LogP contribution >= 0.6 is 11.6 Å². The monoisotopic (exact) mass is 494 g/mol. The highest BCUT2D eigenvalue weighted by Gasteiger charge is 2.25. The highest BCUT2D eigenvalue weighted by atomic mass is 35.5. The third-order valence-electron chi connectivity index (χ3n) is 6.02. The van der Waals surface area contributed by atoms with Gasteiger partial charge in [-0.05, 0) is 37.1 Å². The first-order chi connectivity index (χ1) is 17.0. The summed E-state index contributed by atoms with van der Waals surface area (Å²) < 4.78 is 7.13. The molecule has 3 fully saturated rings. The van der Waals surface area contributed by atoms with E-state index >= 15 is 0 Å². The summed E-state index contributed by atoms with van der Waals surface area (Å²) in [6.07, 6.45) is 5.36. The summed E-state index contributed by atoms with van der Waals surface area (Å²) in [6.45, 7) is 2.98. The van der Waals surface area contributed by atoms with E-state index in [0.717, 1.165) is 43.1 Å². The minimum Gasteiger partial charge on any atom is -0.378 e. The lowest BCUT2D eigenvalue weighted by Crippen LogP contribution is -2.36. The average Bonchev–Trinajstić information content (AvgIpc) is 3.48. The molecule has 2 aromatic heterocycles. The SMILES string of the molecule is O=C1NC(=O)/C(=C/c2cnn3c(NC4CC4)cc(Nc4ccc(N5CCOCC5)c(Cl)c4)nc23)N1. The molecule has 180 valence electrons. The molecule has 0 unspecified atom stereocenters. The largest absolute Gasteiger partial charge is 0.378 e.